The molecule has 0 aliphatic carbocycles. The molecule has 0 radical (unpaired) electrons. The van der Waals surface area contributed by atoms with Gasteiger partial charge in [0.05, 0.1) is 65.7 Å². The second kappa shape index (κ2) is 23.1. The summed E-state index contributed by atoms with van der Waals surface area (Å²) in [6, 6.07) is 15.6. The molecule has 276 valence electrons. The summed E-state index contributed by atoms with van der Waals surface area (Å²) in [5, 5.41) is 2.49. The maximum absolute atomic E-state index is 11.5. The van der Waals surface area contributed by atoms with Crippen LogP contribution in [0.3, 0.4) is 0 Å². The zero-order valence-corrected chi connectivity index (χ0v) is 30.4. The number of nitrogens with one attached hydrogen (secondary N) is 1. The Morgan fingerprint density at radius 1 is 0.865 bits per heavy atom. The van der Waals surface area contributed by atoms with Gasteiger partial charge in [0.25, 0.3) is 6.02 Å². The summed E-state index contributed by atoms with van der Waals surface area (Å²) in [4.78, 5) is 28.0. The van der Waals surface area contributed by atoms with Crippen LogP contribution in [0.25, 0.3) is 0 Å². The fourth-order valence-electron chi connectivity index (χ4n) is 4.50. The Bertz CT molecular complexity index is 1680. The summed E-state index contributed by atoms with van der Waals surface area (Å²) >= 11 is 0. The Labute approximate surface area is 304 Å². The SMILES string of the molecule is C#C.COc1ccc(CN(Cc2ccc(OC)cc2OC)C2=N[C@@H](C)C=C(C)O2)c(OC)c1.Cc1cnc(OCF)cn1.O=CNc1ccncc1. The van der Waals surface area contributed by atoms with Gasteiger partial charge in [-0.3, -0.25) is 14.8 Å². The first-order valence-electron chi connectivity index (χ1n) is 15.7. The molecule has 14 heteroatoms. The van der Waals surface area contributed by atoms with Gasteiger partial charge in [-0.1, -0.05) is 0 Å². The lowest BCUT2D eigenvalue weighted by Gasteiger charge is -2.29. The molecule has 1 aliphatic rings. The number of methoxy groups -OCH3 is 4. The molecule has 1 N–H and O–H groups in total. The van der Waals surface area contributed by atoms with E-state index < -0.39 is 6.86 Å². The highest BCUT2D eigenvalue weighted by molar-refractivity contribution is 5.76. The van der Waals surface area contributed by atoms with Crippen molar-refractivity contribution < 1.29 is 37.6 Å². The number of amidine groups is 1. The second-order valence-corrected chi connectivity index (χ2v) is 10.5. The summed E-state index contributed by atoms with van der Waals surface area (Å²) < 4.78 is 43.8. The van der Waals surface area contributed by atoms with E-state index in [1.165, 1.54) is 12.4 Å². The highest BCUT2D eigenvalue weighted by atomic mass is 19.1. The standard InChI is InChI=1S/C24H30N2O5.C6H7FN2O.C6H6N2O.C2H2/c1-16-11-17(2)31-24(25-16)26(14-18-7-9-20(27-3)12-22(18)29-5)15-19-8-10-21(28-4)13-23(19)30-6;1-5-2-9-6(3-8-5)10-4-7;9-5-8-6-1-3-7-4-2-6;1-2/h7-13,16H,14-15H2,1-6H3;2-3H,4H2,1H3;1-5H,(H,7,8,9);1-2H/t16-;;;/m0.../s1. The van der Waals surface area contributed by atoms with E-state index in [-0.39, 0.29) is 11.9 Å². The van der Waals surface area contributed by atoms with Gasteiger partial charge in [0.1, 0.15) is 28.8 Å². The van der Waals surface area contributed by atoms with Crippen LogP contribution in [0.4, 0.5) is 10.1 Å². The molecule has 0 spiro atoms. The molecule has 1 amide bonds. The van der Waals surface area contributed by atoms with E-state index in [9.17, 15) is 9.18 Å². The molecule has 0 fully saturated rings. The monoisotopic (exact) mass is 716 g/mol. The van der Waals surface area contributed by atoms with Crippen LogP contribution in [-0.2, 0) is 22.6 Å². The molecule has 1 aliphatic heterocycles. The van der Waals surface area contributed by atoms with Gasteiger partial charge in [-0.05, 0) is 63.2 Å². The topological polar surface area (TPSA) is 139 Å². The largest absolute Gasteiger partial charge is 0.497 e. The van der Waals surface area contributed by atoms with Crippen LogP contribution in [0.1, 0.15) is 30.7 Å². The fraction of sp³-hybridized carbons (Fsp3) is 0.289. The van der Waals surface area contributed by atoms with Crippen molar-refractivity contribution in [1.82, 2.24) is 19.9 Å². The number of alkyl halides is 1. The maximum Gasteiger partial charge on any atom is 0.293 e. The van der Waals surface area contributed by atoms with E-state index in [4.69, 9.17) is 28.7 Å². The van der Waals surface area contributed by atoms with Gasteiger partial charge < -0.3 is 38.6 Å². The number of amides is 1. The lowest BCUT2D eigenvalue weighted by Crippen LogP contribution is -2.34. The van der Waals surface area contributed by atoms with Crippen molar-refractivity contribution in [1.29, 1.82) is 0 Å². The first-order chi connectivity index (χ1) is 25.2. The van der Waals surface area contributed by atoms with E-state index >= 15 is 0 Å². The number of allylic oxidation sites excluding steroid dienone is 1. The molecule has 5 rings (SSSR count). The molecular formula is C38H45FN6O7. The minimum absolute atomic E-state index is 0.0294. The van der Waals surface area contributed by atoms with Crippen LogP contribution < -0.4 is 29.0 Å². The number of anilines is 1. The summed E-state index contributed by atoms with van der Waals surface area (Å²) in [5.74, 6) is 4.00. The number of aliphatic imine (C=N–C) groups is 1. The Kier molecular flexibility index (Phi) is 18.6. The lowest BCUT2D eigenvalue weighted by atomic mass is 10.1. The number of aryl methyl sites for hydroxylation is 1. The number of ether oxygens (including phenoxy) is 6. The van der Waals surface area contributed by atoms with E-state index in [0.717, 1.165) is 51.3 Å². The number of hydrogen-bond donors (Lipinski definition) is 1. The van der Waals surface area contributed by atoms with Crippen LogP contribution >= 0.6 is 0 Å². The van der Waals surface area contributed by atoms with Crippen molar-refractivity contribution in [2.75, 3.05) is 40.6 Å². The molecule has 1 atom stereocenters. The Hall–Kier alpha value is -6.36. The highest BCUT2D eigenvalue weighted by Gasteiger charge is 2.22. The van der Waals surface area contributed by atoms with Crippen LogP contribution in [0.2, 0.25) is 0 Å². The maximum atomic E-state index is 11.5. The lowest BCUT2D eigenvalue weighted by molar-refractivity contribution is -0.105. The summed E-state index contributed by atoms with van der Waals surface area (Å²) in [7, 11) is 6.58. The third-order valence-electron chi connectivity index (χ3n) is 6.89. The molecule has 4 aromatic rings. The quantitative estimate of drug-likeness (QED) is 0.129. The molecular weight excluding hydrogens is 671 g/mol. The first kappa shape index (κ1) is 41.8. The third kappa shape index (κ3) is 13.9. The zero-order chi connectivity index (χ0) is 38.3. The molecule has 0 bridgehead atoms. The number of halogens is 1. The number of hydrogen-bond acceptors (Lipinski definition) is 12. The molecule has 2 aromatic carbocycles. The van der Waals surface area contributed by atoms with E-state index in [2.05, 4.69) is 42.8 Å². The van der Waals surface area contributed by atoms with Crippen molar-refractivity contribution in [3.63, 3.8) is 0 Å². The van der Waals surface area contributed by atoms with Gasteiger partial charge in [-0.15, -0.1) is 12.8 Å². The number of benzene rings is 2. The summed E-state index contributed by atoms with van der Waals surface area (Å²) in [6.07, 6.45) is 16.8. The minimum Gasteiger partial charge on any atom is -0.497 e. The van der Waals surface area contributed by atoms with Gasteiger partial charge in [-0.25, -0.2) is 14.4 Å². The van der Waals surface area contributed by atoms with E-state index in [0.29, 0.717) is 25.5 Å². The normalized spacial score (nSPS) is 12.5. The zero-order valence-electron chi connectivity index (χ0n) is 30.4. The van der Waals surface area contributed by atoms with Crippen molar-refractivity contribution in [2.24, 2.45) is 4.99 Å². The molecule has 13 nitrogen and oxygen atoms in total. The van der Waals surface area contributed by atoms with Gasteiger partial charge in [0, 0.05) is 41.3 Å². The Morgan fingerprint density at radius 2 is 1.44 bits per heavy atom. The van der Waals surface area contributed by atoms with E-state index in [1.807, 2.05) is 56.3 Å². The van der Waals surface area contributed by atoms with Gasteiger partial charge in [0.15, 0.2) is 0 Å². The number of pyridine rings is 1. The van der Waals surface area contributed by atoms with Crippen molar-refractivity contribution in [2.45, 2.75) is 39.9 Å². The number of rotatable bonds is 12. The second-order valence-electron chi connectivity index (χ2n) is 10.5. The first-order valence-corrected chi connectivity index (χ1v) is 15.7. The van der Waals surface area contributed by atoms with Gasteiger partial charge in [0.2, 0.25) is 19.2 Å². The molecule has 0 saturated heterocycles. The number of carbonyl (C=O) groups is 1. The van der Waals surface area contributed by atoms with E-state index in [1.54, 1.807) is 59.9 Å². The molecule has 3 heterocycles. The fourth-order valence-corrected chi connectivity index (χ4v) is 4.50. The highest BCUT2D eigenvalue weighted by Crippen LogP contribution is 2.30. The molecule has 2 aromatic heterocycles. The predicted molar refractivity (Wildman–Crippen MR) is 197 cm³/mol. The van der Waals surface area contributed by atoms with Crippen LogP contribution in [0.5, 0.6) is 28.9 Å². The van der Waals surface area contributed by atoms with Crippen LogP contribution in [0, 0.1) is 19.8 Å². The smallest absolute Gasteiger partial charge is 0.293 e. The molecule has 52 heavy (non-hydrogen) atoms. The minimum atomic E-state index is -0.863. The number of carbonyl (C=O) groups excluding carboxylic acids is 1. The molecule has 0 saturated carbocycles. The average Bonchev–Trinajstić information content (AvgIpc) is 3.17. The summed E-state index contributed by atoms with van der Waals surface area (Å²) in [5.41, 5.74) is 3.52. The van der Waals surface area contributed by atoms with Gasteiger partial charge >= 0.3 is 0 Å². The van der Waals surface area contributed by atoms with Crippen LogP contribution in [-0.4, -0.2) is 73.6 Å². The predicted octanol–water partition coefficient (Wildman–Crippen LogP) is 6.39. The molecule has 0 unspecified atom stereocenters. The van der Waals surface area contributed by atoms with Crippen molar-refractivity contribution in [3.8, 4) is 41.7 Å². The average molecular weight is 717 g/mol. The Balaban J connectivity index is 0.000000360. The third-order valence-corrected chi connectivity index (χ3v) is 6.89. The Morgan fingerprint density at radius 3 is 1.88 bits per heavy atom. The van der Waals surface area contributed by atoms with Crippen LogP contribution in [0.15, 0.2) is 90.1 Å². The van der Waals surface area contributed by atoms with Gasteiger partial charge in [-0.2, -0.15) is 0 Å². The number of nitrogens with zero attached hydrogens (tertiary/aromatic N) is 5. The van der Waals surface area contributed by atoms with Crippen molar-refractivity contribution in [3.05, 3.63) is 102 Å². The summed E-state index contributed by atoms with van der Waals surface area (Å²) in [6.45, 7) is 5.96. The van der Waals surface area contributed by atoms with Crippen molar-refractivity contribution >= 4 is 18.1 Å². The number of aromatic nitrogens is 3. The number of terminal acetylenes is 1.